The number of nitrogens with one attached hydrogen (secondary N) is 2. The molecular weight excluding hydrogens is 442 g/mol. The Balaban J connectivity index is 1.50. The number of aromatic amines is 1. The van der Waals surface area contributed by atoms with Crippen molar-refractivity contribution in [2.45, 2.75) is 19.4 Å². The molecule has 35 heavy (non-hydrogen) atoms. The van der Waals surface area contributed by atoms with Crippen LogP contribution in [-0.4, -0.2) is 46.6 Å². The number of H-pyrrole nitrogens is 1. The minimum absolute atomic E-state index is 0.176. The molecular formula is C27H27N5O3. The second kappa shape index (κ2) is 9.50. The number of ether oxygens (including phenoxy) is 2. The van der Waals surface area contributed by atoms with Crippen molar-refractivity contribution >= 4 is 27.8 Å². The van der Waals surface area contributed by atoms with Crippen molar-refractivity contribution in [2.75, 3.05) is 20.8 Å². The molecule has 0 saturated carbocycles. The quantitative estimate of drug-likeness (QED) is 0.349. The summed E-state index contributed by atoms with van der Waals surface area (Å²) >= 11 is 0. The maximum atomic E-state index is 13.2. The van der Waals surface area contributed by atoms with Crippen molar-refractivity contribution in [1.82, 2.24) is 25.3 Å². The molecule has 178 valence electrons. The third-order valence-electron chi connectivity index (χ3n) is 6.35. The number of fused-ring (bicyclic) bond motifs is 2. The summed E-state index contributed by atoms with van der Waals surface area (Å²) in [5.74, 6) is 0.942. The molecule has 0 aliphatic rings. The Kier molecular flexibility index (Phi) is 6.10. The van der Waals surface area contributed by atoms with E-state index in [1.807, 2.05) is 55.6 Å². The summed E-state index contributed by atoms with van der Waals surface area (Å²) in [6.07, 6.45) is 2.00. The second-order valence-corrected chi connectivity index (χ2v) is 8.24. The Morgan fingerprint density at radius 1 is 1.06 bits per heavy atom. The van der Waals surface area contributed by atoms with Crippen LogP contribution in [-0.2, 0) is 6.54 Å². The first-order valence-corrected chi connectivity index (χ1v) is 11.5. The lowest BCUT2D eigenvalue weighted by Crippen LogP contribution is -2.29. The van der Waals surface area contributed by atoms with Gasteiger partial charge in [0.2, 0.25) is 0 Å². The first kappa shape index (κ1) is 22.5. The summed E-state index contributed by atoms with van der Waals surface area (Å²) < 4.78 is 13.1. The first-order chi connectivity index (χ1) is 17.1. The van der Waals surface area contributed by atoms with E-state index in [1.165, 1.54) is 0 Å². The fraction of sp³-hybridized carbons (Fsp3) is 0.222. The zero-order valence-corrected chi connectivity index (χ0v) is 19.9. The van der Waals surface area contributed by atoms with Gasteiger partial charge in [-0.05, 0) is 42.8 Å². The average Bonchev–Trinajstić information content (AvgIpc) is 3.52. The van der Waals surface area contributed by atoms with Gasteiger partial charge in [-0.1, -0.05) is 35.5 Å². The number of hydrogen-bond acceptors (Lipinski definition) is 5. The fourth-order valence-electron chi connectivity index (χ4n) is 4.60. The number of nitrogens with zero attached hydrogens (tertiary/aromatic N) is 3. The highest BCUT2D eigenvalue weighted by Gasteiger charge is 2.24. The van der Waals surface area contributed by atoms with Crippen LogP contribution < -0.4 is 14.8 Å². The first-order valence-electron chi connectivity index (χ1n) is 11.5. The van der Waals surface area contributed by atoms with Crippen molar-refractivity contribution in [3.05, 3.63) is 83.6 Å². The molecule has 0 bridgehead atoms. The largest absolute Gasteiger partial charge is 0.493 e. The normalized spacial score (nSPS) is 12.1. The number of rotatable bonds is 8. The number of carbonyl (C=O) groups excluding carboxylic acids is 1. The molecule has 0 unspecified atom stereocenters. The van der Waals surface area contributed by atoms with E-state index in [2.05, 4.69) is 26.7 Å². The molecule has 0 fully saturated rings. The van der Waals surface area contributed by atoms with Gasteiger partial charge in [-0.25, -0.2) is 4.68 Å². The van der Waals surface area contributed by atoms with Gasteiger partial charge in [0, 0.05) is 47.2 Å². The van der Waals surface area contributed by atoms with E-state index in [0.717, 1.165) is 34.1 Å². The van der Waals surface area contributed by atoms with E-state index >= 15 is 0 Å². The second-order valence-electron chi connectivity index (χ2n) is 8.24. The zero-order chi connectivity index (χ0) is 24.4. The van der Waals surface area contributed by atoms with Crippen LogP contribution in [0, 0.1) is 0 Å². The Labute approximate surface area is 202 Å². The third kappa shape index (κ3) is 4.07. The van der Waals surface area contributed by atoms with E-state index < -0.39 is 0 Å². The lowest BCUT2D eigenvalue weighted by Gasteiger charge is -2.22. The molecule has 3 aromatic carbocycles. The van der Waals surface area contributed by atoms with E-state index in [-0.39, 0.29) is 11.8 Å². The summed E-state index contributed by atoms with van der Waals surface area (Å²) in [7, 11) is 3.25. The highest BCUT2D eigenvalue weighted by atomic mass is 16.5. The van der Waals surface area contributed by atoms with E-state index in [0.29, 0.717) is 29.1 Å². The SMILES string of the molecule is CCn1nnc2cc(C(=O)NC[C@@H](c3cccc(OC)c3OC)c3c[nH]c4ccccc34)ccc21. The topological polar surface area (TPSA) is 94.1 Å². The zero-order valence-electron chi connectivity index (χ0n) is 19.9. The predicted molar refractivity (Wildman–Crippen MR) is 135 cm³/mol. The van der Waals surface area contributed by atoms with Gasteiger partial charge in [-0.15, -0.1) is 5.10 Å². The minimum atomic E-state index is -0.176. The predicted octanol–water partition coefficient (Wildman–Crippen LogP) is 4.51. The van der Waals surface area contributed by atoms with Crippen molar-refractivity contribution in [3.63, 3.8) is 0 Å². The van der Waals surface area contributed by atoms with E-state index in [4.69, 9.17) is 9.47 Å². The molecule has 2 N–H and O–H groups in total. The molecule has 1 atom stereocenters. The molecule has 5 aromatic rings. The lowest BCUT2D eigenvalue weighted by molar-refractivity contribution is 0.0952. The van der Waals surface area contributed by atoms with Crippen molar-refractivity contribution in [2.24, 2.45) is 0 Å². The van der Waals surface area contributed by atoms with Gasteiger partial charge in [-0.2, -0.15) is 0 Å². The van der Waals surface area contributed by atoms with E-state index in [9.17, 15) is 4.79 Å². The van der Waals surface area contributed by atoms with Crippen molar-refractivity contribution < 1.29 is 14.3 Å². The number of aromatic nitrogens is 4. The van der Waals surface area contributed by atoms with Gasteiger partial charge in [0.15, 0.2) is 11.5 Å². The smallest absolute Gasteiger partial charge is 0.251 e. The fourth-order valence-corrected chi connectivity index (χ4v) is 4.60. The van der Waals surface area contributed by atoms with Crippen molar-refractivity contribution in [3.8, 4) is 11.5 Å². The maximum absolute atomic E-state index is 13.2. The minimum Gasteiger partial charge on any atom is -0.493 e. The number of hydrogen-bond donors (Lipinski definition) is 2. The highest BCUT2D eigenvalue weighted by Crippen LogP contribution is 2.40. The summed E-state index contributed by atoms with van der Waals surface area (Å²) in [6, 6.07) is 19.4. The van der Waals surface area contributed by atoms with Crippen LogP contribution in [0.5, 0.6) is 11.5 Å². The van der Waals surface area contributed by atoms with Gasteiger partial charge in [0.25, 0.3) is 5.91 Å². The van der Waals surface area contributed by atoms with Gasteiger partial charge in [0.05, 0.1) is 19.7 Å². The summed E-state index contributed by atoms with van der Waals surface area (Å²) in [5.41, 5.74) is 5.16. The van der Waals surface area contributed by atoms with Gasteiger partial charge in [-0.3, -0.25) is 4.79 Å². The number of methoxy groups -OCH3 is 2. The summed E-state index contributed by atoms with van der Waals surface area (Å²) in [6.45, 7) is 3.09. The molecule has 0 aliphatic carbocycles. The standard InChI is InChI=1S/C27H27N5O3/c1-4-32-24-13-12-17(14-23(24)30-31-32)27(33)29-16-21(19-9-7-11-25(34-2)26(19)35-3)20-15-28-22-10-6-5-8-18(20)22/h5-15,21,28H,4,16H2,1-3H3,(H,29,33)/t21-/m0/s1. The van der Waals surface area contributed by atoms with Gasteiger partial charge >= 0.3 is 0 Å². The molecule has 0 radical (unpaired) electrons. The van der Waals surface area contributed by atoms with Crippen LogP contribution in [0.4, 0.5) is 0 Å². The Morgan fingerprint density at radius 3 is 2.71 bits per heavy atom. The van der Waals surface area contributed by atoms with Crippen LogP contribution in [0.1, 0.15) is 34.3 Å². The Morgan fingerprint density at radius 2 is 1.91 bits per heavy atom. The number of aryl methyl sites for hydroxylation is 1. The molecule has 0 spiro atoms. The van der Waals surface area contributed by atoms with Crippen LogP contribution >= 0.6 is 0 Å². The van der Waals surface area contributed by atoms with Crippen molar-refractivity contribution in [1.29, 1.82) is 0 Å². The van der Waals surface area contributed by atoms with Crippen LogP contribution in [0.2, 0.25) is 0 Å². The lowest BCUT2D eigenvalue weighted by atomic mass is 9.89. The van der Waals surface area contributed by atoms with Crippen LogP contribution in [0.15, 0.2) is 66.9 Å². The summed E-state index contributed by atoms with van der Waals surface area (Å²) in [4.78, 5) is 16.5. The van der Waals surface area contributed by atoms with Crippen LogP contribution in [0.3, 0.4) is 0 Å². The number of amides is 1. The highest BCUT2D eigenvalue weighted by molar-refractivity contribution is 5.97. The van der Waals surface area contributed by atoms with Crippen LogP contribution in [0.25, 0.3) is 21.9 Å². The molecule has 2 aromatic heterocycles. The monoisotopic (exact) mass is 469 g/mol. The number of carbonyl (C=O) groups is 1. The molecule has 0 aliphatic heterocycles. The number of para-hydroxylation sites is 2. The summed E-state index contributed by atoms with van der Waals surface area (Å²) in [5, 5.41) is 12.5. The molecule has 8 nitrogen and oxygen atoms in total. The molecule has 2 heterocycles. The Bertz CT molecular complexity index is 1500. The average molecular weight is 470 g/mol. The van der Waals surface area contributed by atoms with Gasteiger partial charge < -0.3 is 19.8 Å². The molecule has 0 saturated heterocycles. The van der Waals surface area contributed by atoms with E-state index in [1.54, 1.807) is 31.0 Å². The molecule has 5 rings (SSSR count). The molecule has 1 amide bonds. The van der Waals surface area contributed by atoms with Gasteiger partial charge in [0.1, 0.15) is 5.52 Å². The third-order valence-corrected chi connectivity index (χ3v) is 6.35. The Hall–Kier alpha value is -4.33. The number of benzene rings is 3. The molecule has 8 heteroatoms. The maximum Gasteiger partial charge on any atom is 0.251 e.